The van der Waals surface area contributed by atoms with Crippen LogP contribution in [0, 0.1) is 11.8 Å². The molecule has 0 aliphatic rings. The Kier molecular flexibility index (Phi) is 9.83. The Labute approximate surface area is 201 Å². The van der Waals surface area contributed by atoms with E-state index < -0.39 is 7.12 Å². The number of rotatable bonds is 13. The summed E-state index contributed by atoms with van der Waals surface area (Å²) in [5.41, 5.74) is 3.34. The van der Waals surface area contributed by atoms with Gasteiger partial charge < -0.3 is 10.0 Å². The molecule has 0 saturated carbocycles. The zero-order valence-electron chi connectivity index (χ0n) is 21.2. The van der Waals surface area contributed by atoms with Gasteiger partial charge in [-0.15, -0.1) is 0 Å². The highest BCUT2D eigenvalue weighted by Gasteiger charge is 2.22. The summed E-state index contributed by atoms with van der Waals surface area (Å²) in [7, 11) is -1.48. The van der Waals surface area contributed by atoms with Crippen LogP contribution in [0.2, 0.25) is 0 Å². The van der Waals surface area contributed by atoms with Crippen LogP contribution in [0.4, 0.5) is 0 Å². The van der Waals surface area contributed by atoms with E-state index in [9.17, 15) is 10.0 Å². The quantitative estimate of drug-likeness (QED) is 0.215. The molecule has 0 radical (unpaired) electrons. The largest absolute Gasteiger partial charge is 0.489 e. The maximum atomic E-state index is 10.4. The van der Waals surface area contributed by atoms with Crippen LogP contribution in [0.25, 0.3) is 21.5 Å². The van der Waals surface area contributed by atoms with E-state index in [4.69, 9.17) is 0 Å². The third kappa shape index (κ3) is 6.19. The fourth-order valence-electron chi connectivity index (χ4n) is 5.47. The molecule has 2 atom stereocenters. The van der Waals surface area contributed by atoms with Gasteiger partial charge in [-0.1, -0.05) is 115 Å². The van der Waals surface area contributed by atoms with Gasteiger partial charge in [0.25, 0.3) is 0 Å². The van der Waals surface area contributed by atoms with E-state index in [1.807, 2.05) is 0 Å². The third-order valence-corrected chi connectivity index (χ3v) is 7.62. The van der Waals surface area contributed by atoms with Gasteiger partial charge >= 0.3 is 7.12 Å². The van der Waals surface area contributed by atoms with E-state index in [0.29, 0.717) is 17.3 Å². The molecule has 3 heteroatoms. The van der Waals surface area contributed by atoms with Crippen molar-refractivity contribution in [2.75, 3.05) is 0 Å². The third-order valence-electron chi connectivity index (χ3n) is 7.62. The molecule has 0 aliphatic heterocycles. The standard InChI is InChI=1S/C30H43BO2/c1-5-9-13-22(7-3)19-24-15-11-17-26-28(24)21-29-25(20-23(8-4)14-10-6-2)16-12-18-27(29)30(26)31(32)33/h11-12,15-18,21-23,32-33H,5-10,13-14,19-20H2,1-4H3. The molecule has 0 saturated heterocycles. The molecule has 0 aromatic heterocycles. The first kappa shape index (κ1) is 25.8. The van der Waals surface area contributed by atoms with Crippen LogP contribution < -0.4 is 5.46 Å². The molecular formula is C30H43BO2. The molecule has 3 rings (SSSR count). The van der Waals surface area contributed by atoms with E-state index in [1.54, 1.807) is 0 Å². The predicted molar refractivity (Wildman–Crippen MR) is 145 cm³/mol. The lowest BCUT2D eigenvalue weighted by molar-refractivity contribution is 0.426. The number of hydrogen-bond donors (Lipinski definition) is 2. The average molecular weight is 446 g/mol. The Bertz CT molecular complexity index is 951. The topological polar surface area (TPSA) is 40.5 Å². The van der Waals surface area contributed by atoms with Gasteiger partial charge in [0.2, 0.25) is 0 Å². The molecule has 2 nitrogen and oxygen atoms in total. The highest BCUT2D eigenvalue weighted by molar-refractivity contribution is 6.65. The van der Waals surface area contributed by atoms with E-state index >= 15 is 0 Å². The monoisotopic (exact) mass is 446 g/mol. The number of unbranched alkanes of at least 4 members (excludes halogenated alkanes) is 2. The van der Waals surface area contributed by atoms with Crippen molar-refractivity contribution in [2.24, 2.45) is 11.8 Å². The molecule has 2 unspecified atom stereocenters. The first-order valence-electron chi connectivity index (χ1n) is 13.4. The van der Waals surface area contributed by atoms with Crippen molar-refractivity contribution in [3.63, 3.8) is 0 Å². The molecule has 33 heavy (non-hydrogen) atoms. The van der Waals surface area contributed by atoms with E-state index in [1.165, 1.54) is 73.3 Å². The lowest BCUT2D eigenvalue weighted by atomic mass is 9.72. The lowest BCUT2D eigenvalue weighted by Gasteiger charge is -2.20. The molecule has 0 aliphatic carbocycles. The fourth-order valence-corrected chi connectivity index (χ4v) is 5.47. The molecule has 3 aromatic carbocycles. The van der Waals surface area contributed by atoms with E-state index in [0.717, 1.165) is 23.6 Å². The van der Waals surface area contributed by atoms with Crippen molar-refractivity contribution in [3.8, 4) is 0 Å². The summed E-state index contributed by atoms with van der Waals surface area (Å²) in [5.74, 6) is 1.34. The molecule has 178 valence electrons. The second kappa shape index (κ2) is 12.6. The maximum absolute atomic E-state index is 10.4. The van der Waals surface area contributed by atoms with Crippen LogP contribution in [0.5, 0.6) is 0 Å². The van der Waals surface area contributed by atoms with Crippen molar-refractivity contribution in [1.29, 1.82) is 0 Å². The summed E-state index contributed by atoms with van der Waals surface area (Å²) in [5, 5.41) is 25.2. The van der Waals surface area contributed by atoms with Crippen LogP contribution >= 0.6 is 0 Å². The second-order valence-electron chi connectivity index (χ2n) is 9.93. The van der Waals surface area contributed by atoms with Crippen LogP contribution in [0.1, 0.15) is 90.2 Å². The summed E-state index contributed by atoms with van der Waals surface area (Å²) in [6.45, 7) is 9.11. The van der Waals surface area contributed by atoms with Crippen LogP contribution in [-0.2, 0) is 12.8 Å². The van der Waals surface area contributed by atoms with Crippen molar-refractivity contribution >= 4 is 34.1 Å². The van der Waals surface area contributed by atoms with E-state index in [2.05, 4.69) is 70.2 Å². The van der Waals surface area contributed by atoms with Gasteiger partial charge in [-0.05, 0) is 68.9 Å². The van der Waals surface area contributed by atoms with Crippen molar-refractivity contribution in [2.45, 2.75) is 91.9 Å². The number of benzene rings is 3. The minimum Gasteiger partial charge on any atom is -0.423 e. The Morgan fingerprint density at radius 1 is 0.667 bits per heavy atom. The Morgan fingerprint density at radius 3 is 1.48 bits per heavy atom. The normalized spacial score (nSPS) is 13.5. The molecule has 0 heterocycles. The van der Waals surface area contributed by atoms with E-state index in [-0.39, 0.29) is 0 Å². The van der Waals surface area contributed by atoms with Gasteiger partial charge in [0.05, 0.1) is 0 Å². The average Bonchev–Trinajstić information content (AvgIpc) is 2.82. The number of hydrogen-bond acceptors (Lipinski definition) is 2. The van der Waals surface area contributed by atoms with Gasteiger partial charge in [-0.25, -0.2) is 0 Å². The Hall–Kier alpha value is -1.84. The predicted octanol–water partition coefficient (Wildman–Crippen LogP) is 7.19. The molecular weight excluding hydrogens is 403 g/mol. The zero-order valence-corrected chi connectivity index (χ0v) is 21.2. The van der Waals surface area contributed by atoms with Crippen LogP contribution in [0.15, 0.2) is 42.5 Å². The van der Waals surface area contributed by atoms with Gasteiger partial charge in [0.15, 0.2) is 0 Å². The molecule has 2 N–H and O–H groups in total. The van der Waals surface area contributed by atoms with Crippen molar-refractivity contribution < 1.29 is 10.0 Å². The number of fused-ring (bicyclic) bond motifs is 2. The summed E-state index contributed by atoms with van der Waals surface area (Å²) >= 11 is 0. The summed E-state index contributed by atoms with van der Waals surface area (Å²) < 4.78 is 0. The van der Waals surface area contributed by atoms with Crippen LogP contribution in [0.3, 0.4) is 0 Å². The van der Waals surface area contributed by atoms with Gasteiger partial charge in [-0.2, -0.15) is 0 Å². The lowest BCUT2D eigenvalue weighted by Crippen LogP contribution is -2.31. The highest BCUT2D eigenvalue weighted by atomic mass is 16.4. The molecule has 3 aromatic rings. The smallest absolute Gasteiger partial charge is 0.423 e. The molecule has 0 bridgehead atoms. The Morgan fingerprint density at radius 2 is 1.12 bits per heavy atom. The summed E-state index contributed by atoms with van der Waals surface area (Å²) in [6, 6.07) is 15.1. The van der Waals surface area contributed by atoms with Crippen LogP contribution in [-0.4, -0.2) is 17.2 Å². The summed E-state index contributed by atoms with van der Waals surface area (Å²) in [6.07, 6.45) is 12.0. The first-order chi connectivity index (χ1) is 16.0. The fraction of sp³-hybridized carbons (Fsp3) is 0.533. The van der Waals surface area contributed by atoms with Crippen molar-refractivity contribution in [3.05, 3.63) is 53.6 Å². The summed E-state index contributed by atoms with van der Waals surface area (Å²) in [4.78, 5) is 0. The molecule has 0 spiro atoms. The molecule has 0 fully saturated rings. The van der Waals surface area contributed by atoms with Gasteiger partial charge in [-0.3, -0.25) is 0 Å². The SMILES string of the molecule is CCCCC(CC)Cc1cccc2c(B(O)O)c3cccc(CC(CC)CCCC)c3cc12. The minimum atomic E-state index is -1.48. The maximum Gasteiger partial charge on any atom is 0.489 e. The molecule has 0 amide bonds. The highest BCUT2D eigenvalue weighted by Crippen LogP contribution is 2.31. The van der Waals surface area contributed by atoms with Crippen molar-refractivity contribution in [1.82, 2.24) is 0 Å². The minimum absolute atomic E-state index is 0.661. The van der Waals surface area contributed by atoms with Gasteiger partial charge in [0, 0.05) is 0 Å². The Balaban J connectivity index is 2.15. The second-order valence-corrected chi connectivity index (χ2v) is 9.93. The van der Waals surface area contributed by atoms with Gasteiger partial charge in [0.1, 0.15) is 0 Å². The zero-order chi connectivity index (χ0) is 23.8. The first-order valence-corrected chi connectivity index (χ1v) is 13.4.